The van der Waals surface area contributed by atoms with E-state index < -0.39 is 5.75 Å². The van der Waals surface area contributed by atoms with Gasteiger partial charge in [0.25, 0.3) is 0 Å². The lowest BCUT2D eigenvalue weighted by molar-refractivity contribution is 0.365. The molecule has 0 aliphatic rings. The summed E-state index contributed by atoms with van der Waals surface area (Å²) in [6.07, 6.45) is 0. The van der Waals surface area contributed by atoms with Crippen molar-refractivity contribution in [2.45, 2.75) is 26.2 Å². The van der Waals surface area contributed by atoms with E-state index in [9.17, 15) is 10.2 Å². The van der Waals surface area contributed by atoms with Crippen molar-refractivity contribution in [2.24, 2.45) is 0 Å². The number of hydrogen-bond donors (Lipinski definition) is 3. The summed E-state index contributed by atoms with van der Waals surface area (Å²) in [5.41, 5.74) is 0.614. The summed E-state index contributed by atoms with van der Waals surface area (Å²) in [7, 11) is 0. The summed E-state index contributed by atoms with van der Waals surface area (Å²) in [4.78, 5) is 0. The third-order valence-corrected chi connectivity index (χ3v) is 1.94. The van der Waals surface area contributed by atoms with Crippen LogP contribution in [0.15, 0.2) is 12.1 Å². The highest BCUT2D eigenvalue weighted by molar-refractivity contribution is 5.52. The van der Waals surface area contributed by atoms with E-state index in [1.165, 1.54) is 12.1 Å². The van der Waals surface area contributed by atoms with E-state index in [4.69, 9.17) is 5.11 Å². The number of phenols is 3. The lowest BCUT2D eigenvalue weighted by Crippen LogP contribution is -2.10. The lowest BCUT2D eigenvalue weighted by Gasteiger charge is -2.19. The molecule has 0 aromatic heterocycles. The first kappa shape index (κ1) is 9.71. The van der Waals surface area contributed by atoms with E-state index in [1.54, 1.807) is 0 Å². The van der Waals surface area contributed by atoms with Crippen LogP contribution >= 0.6 is 0 Å². The van der Waals surface area contributed by atoms with Crippen molar-refractivity contribution in [2.75, 3.05) is 0 Å². The average molecular weight is 182 g/mol. The first-order valence-corrected chi connectivity index (χ1v) is 4.08. The summed E-state index contributed by atoms with van der Waals surface area (Å²) in [5.74, 6) is -1.04. The Bertz CT molecular complexity index is 300. The van der Waals surface area contributed by atoms with Crippen molar-refractivity contribution in [1.82, 2.24) is 0 Å². The number of hydrogen-bond acceptors (Lipinski definition) is 3. The summed E-state index contributed by atoms with van der Waals surface area (Å²) >= 11 is 0. The van der Waals surface area contributed by atoms with Gasteiger partial charge in [0.1, 0.15) is 0 Å². The monoisotopic (exact) mass is 182 g/mol. The van der Waals surface area contributed by atoms with Crippen LogP contribution in [0.5, 0.6) is 17.2 Å². The molecule has 0 radical (unpaired) electrons. The third kappa shape index (κ3) is 1.86. The number of rotatable bonds is 0. The Morgan fingerprint density at radius 2 is 1.31 bits per heavy atom. The highest BCUT2D eigenvalue weighted by Gasteiger charge is 2.17. The van der Waals surface area contributed by atoms with Gasteiger partial charge in [-0.25, -0.2) is 0 Å². The molecule has 1 rings (SSSR count). The molecule has 72 valence electrons. The van der Waals surface area contributed by atoms with Crippen LogP contribution in [0.25, 0.3) is 0 Å². The van der Waals surface area contributed by atoms with Crippen LogP contribution in [-0.2, 0) is 5.41 Å². The second kappa shape index (κ2) is 2.83. The molecular weight excluding hydrogens is 168 g/mol. The van der Waals surface area contributed by atoms with Gasteiger partial charge in [0.15, 0.2) is 17.2 Å². The van der Waals surface area contributed by atoms with Crippen LogP contribution in [0.1, 0.15) is 26.3 Å². The van der Waals surface area contributed by atoms with Crippen molar-refractivity contribution in [3.05, 3.63) is 17.7 Å². The molecule has 0 aliphatic heterocycles. The average Bonchev–Trinajstić information content (AvgIpc) is 1.97. The van der Waals surface area contributed by atoms with E-state index in [0.29, 0.717) is 0 Å². The van der Waals surface area contributed by atoms with Gasteiger partial charge in [-0.1, -0.05) is 20.8 Å². The fourth-order valence-corrected chi connectivity index (χ4v) is 1.04. The molecule has 0 atom stereocenters. The lowest BCUT2D eigenvalue weighted by atomic mass is 9.87. The minimum absolute atomic E-state index is 0.164. The van der Waals surface area contributed by atoms with Gasteiger partial charge in [0.05, 0.1) is 0 Å². The highest BCUT2D eigenvalue weighted by atomic mass is 16.3. The Labute approximate surface area is 77.3 Å². The standard InChI is InChI=1S/C10H14O3/c1-10(2,3)6-4-7(11)9(13)8(12)5-6/h4-5,11-13H,1-3H3. The van der Waals surface area contributed by atoms with Crippen LogP contribution < -0.4 is 0 Å². The quantitative estimate of drug-likeness (QED) is 0.538. The second-order valence-corrected chi connectivity index (χ2v) is 4.11. The van der Waals surface area contributed by atoms with E-state index in [2.05, 4.69) is 0 Å². The molecule has 1 aromatic carbocycles. The third-order valence-electron chi connectivity index (χ3n) is 1.94. The predicted octanol–water partition coefficient (Wildman–Crippen LogP) is 2.10. The molecule has 0 saturated carbocycles. The molecule has 0 fully saturated rings. The number of aromatic hydroxyl groups is 3. The Kier molecular flexibility index (Phi) is 2.12. The van der Waals surface area contributed by atoms with Gasteiger partial charge in [-0.05, 0) is 23.1 Å². The summed E-state index contributed by atoms with van der Waals surface area (Å²) < 4.78 is 0. The maximum atomic E-state index is 9.23. The molecule has 0 amide bonds. The highest BCUT2D eigenvalue weighted by Crippen LogP contribution is 2.38. The minimum Gasteiger partial charge on any atom is -0.504 e. The first-order chi connectivity index (χ1) is 5.82. The largest absolute Gasteiger partial charge is 0.504 e. The van der Waals surface area contributed by atoms with Gasteiger partial charge in [-0.15, -0.1) is 0 Å². The summed E-state index contributed by atoms with van der Waals surface area (Å²) in [5, 5.41) is 27.6. The van der Waals surface area contributed by atoms with Gasteiger partial charge < -0.3 is 15.3 Å². The van der Waals surface area contributed by atoms with E-state index >= 15 is 0 Å². The van der Waals surface area contributed by atoms with Crippen molar-refractivity contribution < 1.29 is 15.3 Å². The molecule has 13 heavy (non-hydrogen) atoms. The van der Waals surface area contributed by atoms with Crippen molar-refractivity contribution in [1.29, 1.82) is 0 Å². The molecule has 0 heterocycles. The van der Waals surface area contributed by atoms with Gasteiger partial charge in [-0.3, -0.25) is 0 Å². The van der Waals surface area contributed by atoms with Crippen molar-refractivity contribution >= 4 is 0 Å². The molecule has 0 bridgehead atoms. The molecule has 0 aliphatic carbocycles. The summed E-state index contributed by atoms with van der Waals surface area (Å²) in [6, 6.07) is 2.91. The fourth-order valence-electron chi connectivity index (χ4n) is 1.04. The Morgan fingerprint density at radius 1 is 0.923 bits per heavy atom. The molecule has 3 heteroatoms. The van der Waals surface area contributed by atoms with E-state index in [-0.39, 0.29) is 16.9 Å². The first-order valence-electron chi connectivity index (χ1n) is 4.08. The van der Waals surface area contributed by atoms with Crippen molar-refractivity contribution in [3.63, 3.8) is 0 Å². The zero-order valence-electron chi connectivity index (χ0n) is 8.00. The molecule has 0 spiro atoms. The topological polar surface area (TPSA) is 60.7 Å². The zero-order chi connectivity index (χ0) is 10.2. The second-order valence-electron chi connectivity index (χ2n) is 4.11. The molecule has 1 aromatic rings. The predicted molar refractivity (Wildman–Crippen MR) is 50.1 cm³/mol. The molecule has 0 saturated heterocycles. The van der Waals surface area contributed by atoms with Crippen LogP contribution in [0.4, 0.5) is 0 Å². The van der Waals surface area contributed by atoms with E-state index in [1.807, 2.05) is 20.8 Å². The zero-order valence-corrected chi connectivity index (χ0v) is 8.00. The molecule has 3 nitrogen and oxygen atoms in total. The van der Waals surface area contributed by atoms with Crippen LogP contribution in [0.2, 0.25) is 0 Å². The maximum absolute atomic E-state index is 9.23. The maximum Gasteiger partial charge on any atom is 0.200 e. The van der Waals surface area contributed by atoms with Crippen LogP contribution in [0, 0.1) is 0 Å². The van der Waals surface area contributed by atoms with Crippen LogP contribution in [-0.4, -0.2) is 15.3 Å². The molecule has 0 unspecified atom stereocenters. The number of benzene rings is 1. The fraction of sp³-hybridized carbons (Fsp3) is 0.400. The van der Waals surface area contributed by atoms with Gasteiger partial charge in [0, 0.05) is 0 Å². The SMILES string of the molecule is CC(C)(C)c1cc(O)c(O)c(O)c1. The van der Waals surface area contributed by atoms with Crippen LogP contribution in [0.3, 0.4) is 0 Å². The number of phenolic OH excluding ortho intramolecular Hbond substituents is 3. The van der Waals surface area contributed by atoms with Gasteiger partial charge in [-0.2, -0.15) is 0 Å². The van der Waals surface area contributed by atoms with Gasteiger partial charge in [0.2, 0.25) is 0 Å². The molecular formula is C10H14O3. The molecule has 3 N–H and O–H groups in total. The Morgan fingerprint density at radius 3 is 1.62 bits per heavy atom. The Hall–Kier alpha value is -1.38. The van der Waals surface area contributed by atoms with E-state index in [0.717, 1.165) is 5.56 Å². The van der Waals surface area contributed by atoms with Gasteiger partial charge >= 0.3 is 0 Å². The van der Waals surface area contributed by atoms with Crippen molar-refractivity contribution in [3.8, 4) is 17.2 Å². The summed E-state index contributed by atoms with van der Waals surface area (Å²) in [6.45, 7) is 5.87. The Balaban J connectivity index is 3.29. The smallest absolute Gasteiger partial charge is 0.200 e. The normalized spacial score (nSPS) is 11.6. The minimum atomic E-state index is -0.465.